The van der Waals surface area contributed by atoms with Gasteiger partial charge in [-0.1, -0.05) is 12.1 Å². The molecule has 0 spiro atoms. The third-order valence-corrected chi connectivity index (χ3v) is 3.62. The van der Waals surface area contributed by atoms with Crippen molar-refractivity contribution in [3.05, 3.63) is 40.8 Å². The average Bonchev–Trinajstić information content (AvgIpc) is 2.25. The van der Waals surface area contributed by atoms with Crippen LogP contribution in [0.1, 0.15) is 31.9 Å². The van der Waals surface area contributed by atoms with E-state index in [1.165, 1.54) is 0 Å². The van der Waals surface area contributed by atoms with Gasteiger partial charge in [-0.15, -0.1) is 0 Å². The number of hydrogen-bond donors (Lipinski definition) is 0. The predicted molar refractivity (Wildman–Crippen MR) is 68.1 cm³/mol. The minimum absolute atomic E-state index is 0.233. The highest BCUT2D eigenvalue weighted by molar-refractivity contribution is 7.89. The molecule has 3 heteroatoms. The van der Waals surface area contributed by atoms with Crippen molar-refractivity contribution in [2.24, 2.45) is 0 Å². The molecule has 2 nitrogen and oxygen atoms in total. The van der Waals surface area contributed by atoms with Crippen molar-refractivity contribution in [2.45, 2.75) is 25.5 Å². The molecular weight excluding hydrogens is 218 g/mol. The van der Waals surface area contributed by atoms with Crippen molar-refractivity contribution in [3.8, 4) is 6.07 Å². The highest BCUT2D eigenvalue weighted by Gasteiger charge is 2.16. The van der Waals surface area contributed by atoms with Crippen LogP contribution in [0.4, 0.5) is 0 Å². The summed E-state index contributed by atoms with van der Waals surface area (Å²) < 4.78 is 11.5. The molecule has 0 aromatic heterocycles. The van der Waals surface area contributed by atoms with Crippen LogP contribution in [0.15, 0.2) is 29.7 Å². The Morgan fingerprint density at radius 2 is 1.81 bits per heavy atom. The van der Waals surface area contributed by atoms with E-state index in [0.717, 1.165) is 5.56 Å². The summed E-state index contributed by atoms with van der Waals surface area (Å²) in [6.45, 7) is 5.81. The van der Waals surface area contributed by atoms with Gasteiger partial charge in [-0.2, -0.15) is 5.26 Å². The normalized spacial score (nSPS) is 13.6. The number of hydrogen-bond acceptors (Lipinski definition) is 2. The smallest absolute Gasteiger partial charge is 0.0991 e. The molecule has 1 aromatic carbocycles. The number of nitrogens with zero attached hydrogens (tertiary/aromatic N) is 1. The monoisotopic (exact) mass is 233 g/mol. The fourth-order valence-electron chi connectivity index (χ4n) is 1.01. The first kappa shape index (κ1) is 12.7. The van der Waals surface area contributed by atoms with E-state index in [4.69, 9.17) is 5.26 Å². The van der Waals surface area contributed by atoms with Gasteiger partial charge in [0.05, 0.1) is 22.4 Å². The highest BCUT2D eigenvalue weighted by atomic mass is 32.2. The first-order chi connectivity index (χ1) is 7.43. The van der Waals surface area contributed by atoms with E-state index in [0.29, 0.717) is 5.56 Å². The van der Waals surface area contributed by atoms with Gasteiger partial charge in [0.15, 0.2) is 0 Å². The number of rotatable bonds is 2. The maximum atomic E-state index is 11.7. The third kappa shape index (κ3) is 3.63. The van der Waals surface area contributed by atoms with E-state index in [2.05, 4.69) is 6.07 Å². The van der Waals surface area contributed by atoms with Crippen molar-refractivity contribution in [2.75, 3.05) is 0 Å². The molecule has 0 radical (unpaired) electrons. The fraction of sp³-hybridized carbons (Fsp3) is 0.308. The lowest BCUT2D eigenvalue weighted by atomic mass is 10.1. The topological polar surface area (TPSA) is 40.9 Å². The summed E-state index contributed by atoms with van der Waals surface area (Å²) in [4.78, 5) is 0. The van der Waals surface area contributed by atoms with Gasteiger partial charge in [0, 0.05) is 10.2 Å². The Balaban J connectivity index is 2.78. The van der Waals surface area contributed by atoms with Crippen LogP contribution >= 0.6 is 0 Å². The van der Waals surface area contributed by atoms with Crippen molar-refractivity contribution >= 4 is 16.9 Å². The number of benzene rings is 1. The minimum Gasteiger partial charge on any atom is -0.254 e. The highest BCUT2D eigenvalue weighted by Crippen LogP contribution is 2.14. The molecule has 0 saturated carbocycles. The number of nitriles is 1. The van der Waals surface area contributed by atoms with Crippen LogP contribution in [-0.2, 0) is 10.8 Å². The molecule has 1 rings (SSSR count). The van der Waals surface area contributed by atoms with Gasteiger partial charge in [0.2, 0.25) is 0 Å². The zero-order valence-electron chi connectivity index (χ0n) is 9.73. The predicted octanol–water partition coefficient (Wildman–Crippen LogP) is 3.08. The lowest BCUT2D eigenvalue weighted by Gasteiger charge is -2.13. The van der Waals surface area contributed by atoms with Crippen LogP contribution in [0.2, 0.25) is 0 Å². The lowest BCUT2D eigenvalue weighted by molar-refractivity contribution is 0.656. The second-order valence-electron chi connectivity index (χ2n) is 4.45. The molecule has 1 atom stereocenters. The van der Waals surface area contributed by atoms with E-state index in [1.807, 2.05) is 39.0 Å². The minimum atomic E-state index is -0.991. The molecule has 0 fully saturated rings. The van der Waals surface area contributed by atoms with E-state index >= 15 is 0 Å². The van der Waals surface area contributed by atoms with Gasteiger partial charge in [-0.25, -0.2) is 0 Å². The molecule has 0 amide bonds. The summed E-state index contributed by atoms with van der Waals surface area (Å²) in [6, 6.07) is 9.24. The van der Waals surface area contributed by atoms with Gasteiger partial charge in [0.25, 0.3) is 0 Å². The Morgan fingerprint density at radius 1 is 1.25 bits per heavy atom. The molecule has 0 N–H and O–H groups in total. The zero-order chi connectivity index (χ0) is 12.2. The summed E-state index contributed by atoms with van der Waals surface area (Å²) in [5.41, 5.74) is 1.59. The second-order valence-corrected chi connectivity index (χ2v) is 6.54. The van der Waals surface area contributed by atoms with Crippen molar-refractivity contribution in [1.29, 1.82) is 5.26 Å². The summed E-state index contributed by atoms with van der Waals surface area (Å²) in [6.07, 6.45) is 1.82. The summed E-state index contributed by atoms with van der Waals surface area (Å²) in [5, 5.41) is 10.3. The molecule has 84 valence electrons. The zero-order valence-corrected chi connectivity index (χ0v) is 10.5. The van der Waals surface area contributed by atoms with Crippen LogP contribution in [0.25, 0.3) is 6.08 Å². The molecule has 0 aliphatic heterocycles. The fourth-order valence-corrected chi connectivity index (χ4v) is 1.70. The van der Waals surface area contributed by atoms with Gasteiger partial charge < -0.3 is 0 Å². The molecule has 0 saturated heterocycles. The average molecular weight is 233 g/mol. The third-order valence-electron chi connectivity index (χ3n) is 2.03. The maximum absolute atomic E-state index is 11.7. The van der Waals surface area contributed by atoms with Gasteiger partial charge in [-0.05, 0) is 44.5 Å². The van der Waals surface area contributed by atoms with Crippen LogP contribution < -0.4 is 0 Å². The standard InChI is InChI=1S/C13H15NOS/c1-13(2,3)16(15)9-8-11-4-6-12(10-14)7-5-11/h4-9H,1-3H3/b9-8+. The van der Waals surface area contributed by atoms with E-state index in [-0.39, 0.29) is 4.75 Å². The van der Waals surface area contributed by atoms with Crippen LogP contribution in [0.5, 0.6) is 0 Å². The Kier molecular flexibility index (Phi) is 4.03. The van der Waals surface area contributed by atoms with Crippen LogP contribution in [0, 0.1) is 11.3 Å². The Morgan fingerprint density at radius 3 is 2.25 bits per heavy atom. The van der Waals surface area contributed by atoms with Gasteiger partial charge in [-0.3, -0.25) is 4.21 Å². The Labute approximate surface area is 99.1 Å². The summed E-state index contributed by atoms with van der Waals surface area (Å²) in [7, 11) is -0.991. The first-order valence-electron chi connectivity index (χ1n) is 5.02. The quantitative estimate of drug-likeness (QED) is 0.787. The van der Waals surface area contributed by atoms with Crippen molar-refractivity contribution < 1.29 is 4.21 Å². The first-order valence-corrected chi connectivity index (χ1v) is 6.24. The molecule has 1 aromatic rings. The van der Waals surface area contributed by atoms with Crippen molar-refractivity contribution in [1.82, 2.24) is 0 Å². The molecule has 0 aliphatic carbocycles. The SMILES string of the molecule is CC(C)(C)S(=O)/C=C/c1ccc(C#N)cc1. The van der Waals surface area contributed by atoms with Gasteiger partial charge in [0.1, 0.15) is 0 Å². The van der Waals surface area contributed by atoms with E-state index in [1.54, 1.807) is 17.5 Å². The van der Waals surface area contributed by atoms with Gasteiger partial charge >= 0.3 is 0 Å². The van der Waals surface area contributed by atoms with E-state index < -0.39 is 10.8 Å². The largest absolute Gasteiger partial charge is 0.254 e. The van der Waals surface area contributed by atoms with Crippen molar-refractivity contribution in [3.63, 3.8) is 0 Å². The van der Waals surface area contributed by atoms with E-state index in [9.17, 15) is 4.21 Å². The molecular formula is C13H15NOS. The lowest BCUT2D eigenvalue weighted by Crippen LogP contribution is -2.19. The maximum Gasteiger partial charge on any atom is 0.0991 e. The summed E-state index contributed by atoms with van der Waals surface area (Å²) >= 11 is 0. The second kappa shape index (κ2) is 5.09. The summed E-state index contributed by atoms with van der Waals surface area (Å²) in [5.74, 6) is 0. The molecule has 16 heavy (non-hydrogen) atoms. The Hall–Kier alpha value is -1.40. The molecule has 1 unspecified atom stereocenters. The Bertz CT molecular complexity index is 446. The van der Waals surface area contributed by atoms with Crippen LogP contribution in [0.3, 0.4) is 0 Å². The molecule has 0 aliphatic rings. The molecule has 0 heterocycles. The molecule has 0 bridgehead atoms. The van der Waals surface area contributed by atoms with Crippen LogP contribution in [-0.4, -0.2) is 8.96 Å².